The molecule has 0 aromatic carbocycles. The van der Waals surface area contributed by atoms with Gasteiger partial charge in [-0.1, -0.05) is 12.8 Å². The molecule has 4 N–H and O–H groups in total. The van der Waals surface area contributed by atoms with Crippen LogP contribution in [0.15, 0.2) is 0 Å². The summed E-state index contributed by atoms with van der Waals surface area (Å²) in [4.78, 5) is 11.5. The van der Waals surface area contributed by atoms with Gasteiger partial charge in [0.15, 0.2) is 0 Å². The molecule has 0 spiro atoms. The zero-order chi connectivity index (χ0) is 11.4. The van der Waals surface area contributed by atoms with E-state index >= 15 is 0 Å². The zero-order valence-electron chi connectivity index (χ0n) is 9.87. The number of hydrogen-bond donors (Lipinski definition) is 3. The van der Waals surface area contributed by atoms with E-state index in [0.29, 0.717) is 17.9 Å². The number of nitrogens with two attached hydrogens (primary N) is 1. The molecule has 2 saturated carbocycles. The molecular weight excluding hydrogens is 202 g/mol. The molecule has 4 nitrogen and oxygen atoms in total. The molecule has 0 saturated heterocycles. The van der Waals surface area contributed by atoms with Crippen molar-refractivity contribution in [3.63, 3.8) is 0 Å². The molecule has 2 aliphatic rings. The Kier molecular flexibility index (Phi) is 4.04. The second kappa shape index (κ2) is 5.53. The first-order valence-corrected chi connectivity index (χ1v) is 6.54. The molecule has 16 heavy (non-hydrogen) atoms. The molecule has 0 aromatic heterocycles. The van der Waals surface area contributed by atoms with Crippen molar-refractivity contribution in [3.05, 3.63) is 0 Å². The fraction of sp³-hybridized carbons (Fsp3) is 0.917. The standard InChI is InChI=1S/C12H23N3O/c13-7-9-3-1-2-4-10(9)8-14-12(16)15-11-5-6-11/h9-11H,1-8,13H2,(H2,14,15,16). The number of carbonyl (C=O) groups excluding carboxylic acids is 1. The van der Waals surface area contributed by atoms with E-state index in [9.17, 15) is 4.79 Å². The third-order valence-electron chi connectivity index (χ3n) is 3.81. The average Bonchev–Trinajstić information content (AvgIpc) is 3.10. The highest BCUT2D eigenvalue weighted by Crippen LogP contribution is 2.28. The summed E-state index contributed by atoms with van der Waals surface area (Å²) in [7, 11) is 0. The predicted molar refractivity (Wildman–Crippen MR) is 64.1 cm³/mol. The van der Waals surface area contributed by atoms with Gasteiger partial charge < -0.3 is 16.4 Å². The summed E-state index contributed by atoms with van der Waals surface area (Å²) in [5.41, 5.74) is 5.76. The van der Waals surface area contributed by atoms with Gasteiger partial charge in [0.2, 0.25) is 0 Å². The van der Waals surface area contributed by atoms with Crippen LogP contribution in [0.4, 0.5) is 4.79 Å². The van der Waals surface area contributed by atoms with E-state index in [4.69, 9.17) is 5.73 Å². The van der Waals surface area contributed by atoms with Crippen LogP contribution in [0, 0.1) is 11.8 Å². The summed E-state index contributed by atoms with van der Waals surface area (Å²) in [5.74, 6) is 1.19. The molecule has 2 atom stereocenters. The van der Waals surface area contributed by atoms with Crippen molar-refractivity contribution in [1.29, 1.82) is 0 Å². The van der Waals surface area contributed by atoms with E-state index in [0.717, 1.165) is 25.9 Å². The minimum absolute atomic E-state index is 0.00356. The minimum atomic E-state index is 0.00356. The normalized spacial score (nSPS) is 29.8. The Morgan fingerprint density at radius 1 is 1.12 bits per heavy atom. The topological polar surface area (TPSA) is 67.1 Å². The van der Waals surface area contributed by atoms with E-state index in [2.05, 4.69) is 10.6 Å². The Labute approximate surface area is 97.3 Å². The first-order valence-electron chi connectivity index (χ1n) is 6.54. The maximum Gasteiger partial charge on any atom is 0.315 e. The van der Waals surface area contributed by atoms with Crippen molar-refractivity contribution in [3.8, 4) is 0 Å². The van der Waals surface area contributed by atoms with Gasteiger partial charge in [0, 0.05) is 12.6 Å². The number of carbonyl (C=O) groups is 1. The summed E-state index contributed by atoms with van der Waals surface area (Å²) in [6, 6.07) is 0.445. The summed E-state index contributed by atoms with van der Waals surface area (Å²) in [6.07, 6.45) is 7.31. The van der Waals surface area contributed by atoms with E-state index in [-0.39, 0.29) is 6.03 Å². The Bertz CT molecular complexity index is 240. The van der Waals surface area contributed by atoms with Crippen LogP contribution in [-0.2, 0) is 0 Å². The summed E-state index contributed by atoms with van der Waals surface area (Å²) >= 11 is 0. The van der Waals surface area contributed by atoms with E-state index in [1.807, 2.05) is 0 Å². The molecule has 0 radical (unpaired) electrons. The molecule has 2 amide bonds. The third-order valence-corrected chi connectivity index (χ3v) is 3.81. The van der Waals surface area contributed by atoms with Gasteiger partial charge >= 0.3 is 6.03 Å². The fourth-order valence-electron chi connectivity index (χ4n) is 2.55. The summed E-state index contributed by atoms with van der Waals surface area (Å²) in [6.45, 7) is 1.55. The lowest BCUT2D eigenvalue weighted by Crippen LogP contribution is -2.42. The van der Waals surface area contributed by atoms with Gasteiger partial charge in [-0.25, -0.2) is 4.79 Å². The number of nitrogens with one attached hydrogen (secondary N) is 2. The van der Waals surface area contributed by atoms with Gasteiger partial charge in [0.25, 0.3) is 0 Å². The van der Waals surface area contributed by atoms with E-state index in [1.54, 1.807) is 0 Å². The molecule has 0 heterocycles. The Hall–Kier alpha value is -0.770. The molecule has 2 rings (SSSR count). The number of hydrogen-bond acceptors (Lipinski definition) is 2. The minimum Gasteiger partial charge on any atom is -0.338 e. The molecule has 0 bridgehead atoms. The van der Waals surface area contributed by atoms with E-state index < -0.39 is 0 Å². The van der Waals surface area contributed by atoms with Crippen molar-refractivity contribution >= 4 is 6.03 Å². The largest absolute Gasteiger partial charge is 0.338 e. The molecule has 0 aromatic rings. The molecule has 2 unspecified atom stereocenters. The van der Waals surface area contributed by atoms with Gasteiger partial charge in [-0.05, 0) is 44.1 Å². The quantitative estimate of drug-likeness (QED) is 0.673. The van der Waals surface area contributed by atoms with Crippen molar-refractivity contribution in [2.75, 3.05) is 13.1 Å². The first-order chi connectivity index (χ1) is 7.79. The fourth-order valence-corrected chi connectivity index (χ4v) is 2.55. The zero-order valence-corrected chi connectivity index (χ0v) is 9.87. The average molecular weight is 225 g/mol. The molecule has 2 aliphatic carbocycles. The van der Waals surface area contributed by atoms with E-state index in [1.165, 1.54) is 25.7 Å². The Morgan fingerprint density at radius 2 is 1.81 bits per heavy atom. The molecule has 4 heteroatoms. The van der Waals surface area contributed by atoms with Crippen LogP contribution in [-0.4, -0.2) is 25.2 Å². The lowest BCUT2D eigenvalue weighted by molar-refractivity contribution is 0.218. The van der Waals surface area contributed by atoms with Crippen LogP contribution < -0.4 is 16.4 Å². The van der Waals surface area contributed by atoms with Crippen LogP contribution in [0.2, 0.25) is 0 Å². The van der Waals surface area contributed by atoms with Crippen molar-refractivity contribution < 1.29 is 4.79 Å². The van der Waals surface area contributed by atoms with Crippen LogP contribution in [0.25, 0.3) is 0 Å². The number of rotatable bonds is 4. The highest BCUT2D eigenvalue weighted by molar-refractivity contribution is 5.74. The van der Waals surface area contributed by atoms with Crippen molar-refractivity contribution in [2.24, 2.45) is 17.6 Å². The third kappa shape index (κ3) is 3.37. The second-order valence-corrected chi connectivity index (χ2v) is 5.17. The maximum atomic E-state index is 11.5. The van der Waals surface area contributed by atoms with Crippen molar-refractivity contribution in [1.82, 2.24) is 10.6 Å². The van der Waals surface area contributed by atoms with Crippen molar-refractivity contribution in [2.45, 2.75) is 44.6 Å². The van der Waals surface area contributed by atoms with Crippen LogP contribution in [0.5, 0.6) is 0 Å². The summed E-state index contributed by atoms with van der Waals surface area (Å²) < 4.78 is 0. The van der Waals surface area contributed by atoms with Gasteiger partial charge in [0.05, 0.1) is 0 Å². The van der Waals surface area contributed by atoms with Crippen LogP contribution in [0.3, 0.4) is 0 Å². The van der Waals surface area contributed by atoms with Gasteiger partial charge in [-0.2, -0.15) is 0 Å². The molecule has 0 aliphatic heterocycles. The van der Waals surface area contributed by atoms with Gasteiger partial charge in [0.1, 0.15) is 0 Å². The first kappa shape index (κ1) is 11.7. The molecule has 2 fully saturated rings. The lowest BCUT2D eigenvalue weighted by Gasteiger charge is -2.30. The Balaban J connectivity index is 1.68. The van der Waals surface area contributed by atoms with Gasteiger partial charge in [-0.15, -0.1) is 0 Å². The van der Waals surface area contributed by atoms with Gasteiger partial charge in [-0.3, -0.25) is 0 Å². The highest BCUT2D eigenvalue weighted by Gasteiger charge is 2.26. The van der Waals surface area contributed by atoms with Crippen LogP contribution in [0.1, 0.15) is 38.5 Å². The lowest BCUT2D eigenvalue weighted by atomic mass is 9.79. The highest BCUT2D eigenvalue weighted by atomic mass is 16.2. The summed E-state index contributed by atoms with van der Waals surface area (Å²) in [5, 5.41) is 5.93. The molecule has 92 valence electrons. The number of amides is 2. The van der Waals surface area contributed by atoms with Crippen LogP contribution >= 0.6 is 0 Å². The second-order valence-electron chi connectivity index (χ2n) is 5.17. The number of urea groups is 1. The molecular formula is C12H23N3O. The SMILES string of the molecule is NCC1CCCCC1CNC(=O)NC1CC1. The Morgan fingerprint density at radius 3 is 2.44 bits per heavy atom. The maximum absolute atomic E-state index is 11.5. The smallest absolute Gasteiger partial charge is 0.315 e. The monoisotopic (exact) mass is 225 g/mol. The predicted octanol–water partition coefficient (Wildman–Crippen LogP) is 1.21.